The van der Waals surface area contributed by atoms with Gasteiger partial charge in [0, 0.05) is 0 Å². The maximum Gasteiger partial charge on any atom is 0.399 e. The minimum atomic E-state index is -0.765. The first-order valence-corrected chi connectivity index (χ1v) is 13.7. The van der Waals surface area contributed by atoms with E-state index in [1.54, 1.807) is 0 Å². The number of rotatable bonds is 8. The second kappa shape index (κ2) is 16.6. The van der Waals surface area contributed by atoms with Gasteiger partial charge in [0.25, 0.3) is 0 Å². The first-order valence-electron chi connectivity index (χ1n) is 6.90. The molecular weight excluding hydrogens is 269 g/mol. The van der Waals surface area contributed by atoms with Gasteiger partial charge in [-0.25, -0.2) is 0 Å². The molecule has 0 spiro atoms. The highest BCUT2D eigenvalue weighted by atomic mass is 35.6. The molecule has 4 heteroatoms. The molecular formula is C12H28Al2Cl2. The van der Waals surface area contributed by atoms with Crippen molar-refractivity contribution in [1.29, 1.82) is 0 Å². The maximum atomic E-state index is 6.18. The second-order valence-electron chi connectivity index (χ2n) is 4.30. The zero-order valence-corrected chi connectivity index (χ0v) is 15.4. The van der Waals surface area contributed by atoms with Crippen LogP contribution in [0.5, 0.6) is 0 Å². The smallest absolute Gasteiger partial charge is 0.261 e. The molecule has 0 atom stereocenters. The maximum absolute atomic E-state index is 6.18. The van der Waals surface area contributed by atoms with Crippen molar-refractivity contribution in [2.45, 2.75) is 74.5 Å². The van der Waals surface area contributed by atoms with Crippen LogP contribution < -0.4 is 0 Å². The Hall–Kier alpha value is 1.64. The standard InChI is InChI=1S/2C4H9.2C2H5.2Al.2ClH/c2*1-3-4-2;2*1-2;;;;/h2*1,3-4H2,2H3;2*1H2,2H3;;;2*1H/q;;;;2*+1;;/p-2. The molecule has 0 aromatic carbocycles. The van der Waals surface area contributed by atoms with Gasteiger partial charge in [0.1, 0.15) is 0 Å². The minimum Gasteiger partial charge on any atom is -0.261 e. The predicted octanol–water partition coefficient (Wildman–Crippen LogP) is 6.07. The fourth-order valence-electron chi connectivity index (χ4n) is 1.28. The summed E-state index contributed by atoms with van der Waals surface area (Å²) in [4.78, 5) is 0. The third kappa shape index (κ3) is 18.0. The molecule has 0 saturated heterocycles. The van der Waals surface area contributed by atoms with Crippen LogP contribution >= 0.6 is 20.1 Å². The minimum absolute atomic E-state index is 0.688. The van der Waals surface area contributed by atoms with E-state index in [0.717, 1.165) is 0 Å². The molecule has 0 rings (SSSR count). The van der Waals surface area contributed by atoms with Crippen LogP contribution in [0, 0.1) is 0 Å². The molecule has 0 aliphatic heterocycles. The van der Waals surface area contributed by atoms with E-state index in [-0.39, 0.29) is 0 Å². The van der Waals surface area contributed by atoms with Crippen LogP contribution in [0.15, 0.2) is 0 Å². The van der Waals surface area contributed by atoms with E-state index in [4.69, 9.17) is 20.1 Å². The average Bonchev–Trinajstić information content (AvgIpc) is 2.33. The summed E-state index contributed by atoms with van der Waals surface area (Å²) in [6.45, 7) is 8.79. The van der Waals surface area contributed by atoms with E-state index in [1.807, 2.05) is 0 Å². The van der Waals surface area contributed by atoms with Crippen molar-refractivity contribution >= 4 is 46.6 Å². The van der Waals surface area contributed by atoms with Gasteiger partial charge in [0.2, 0.25) is 0 Å². The third-order valence-corrected chi connectivity index (χ3v) is 9.63. The summed E-state index contributed by atoms with van der Waals surface area (Å²) in [7, 11) is 12.0. The van der Waals surface area contributed by atoms with Gasteiger partial charge in [-0.1, -0.05) is 74.5 Å². The lowest BCUT2D eigenvalue weighted by Gasteiger charge is -1.99. The summed E-state index contributed by atoms with van der Waals surface area (Å²) in [6, 6.07) is 0. The Balaban J connectivity index is 0. The number of unbranched alkanes of at least 4 members (excludes halogenated alkanes) is 2. The van der Waals surface area contributed by atoms with Crippen molar-refractivity contribution in [3.05, 3.63) is 0 Å². The SMILES string of the molecule is CCC[CH2][Al]([Cl])[CH2]CCC.C[CH2][Al]([Cl])[CH2]C. The molecule has 0 heterocycles. The van der Waals surface area contributed by atoms with Gasteiger partial charge < -0.3 is 0 Å². The Morgan fingerprint density at radius 2 is 1.06 bits per heavy atom. The number of hydrogen-bond donors (Lipinski definition) is 0. The monoisotopic (exact) mass is 296 g/mol. The molecule has 0 aliphatic rings. The normalized spacial score (nSPS) is 9.38. The molecule has 0 bridgehead atoms. The van der Waals surface area contributed by atoms with Crippen LogP contribution in [0.4, 0.5) is 0 Å². The van der Waals surface area contributed by atoms with Gasteiger partial charge >= 0.3 is 26.5 Å². The largest absolute Gasteiger partial charge is 0.399 e. The molecule has 0 nitrogen and oxygen atoms in total. The van der Waals surface area contributed by atoms with E-state index >= 15 is 0 Å². The van der Waals surface area contributed by atoms with E-state index < -0.39 is 26.5 Å². The van der Waals surface area contributed by atoms with Crippen LogP contribution in [-0.4, -0.2) is 26.5 Å². The van der Waals surface area contributed by atoms with Gasteiger partial charge in [-0.3, -0.25) is 20.1 Å². The molecule has 0 unspecified atom stereocenters. The lowest BCUT2D eigenvalue weighted by atomic mass is 10.4. The van der Waals surface area contributed by atoms with E-state index in [2.05, 4.69) is 27.7 Å². The highest BCUT2D eigenvalue weighted by Crippen LogP contribution is 2.12. The Morgan fingerprint density at radius 1 is 0.688 bits per heavy atom. The van der Waals surface area contributed by atoms with Crippen molar-refractivity contribution in [3.8, 4) is 0 Å². The van der Waals surface area contributed by atoms with Gasteiger partial charge in [-0.05, 0) is 0 Å². The van der Waals surface area contributed by atoms with Crippen LogP contribution in [0.3, 0.4) is 0 Å². The molecule has 96 valence electrons. The van der Waals surface area contributed by atoms with E-state index in [0.29, 0.717) is 0 Å². The van der Waals surface area contributed by atoms with Crippen molar-refractivity contribution in [1.82, 2.24) is 0 Å². The summed E-state index contributed by atoms with van der Waals surface area (Å²) in [5, 5.41) is 5.16. The fourth-order valence-corrected chi connectivity index (χ4v) is 4.78. The van der Waals surface area contributed by atoms with E-state index in [9.17, 15) is 0 Å². The summed E-state index contributed by atoms with van der Waals surface area (Å²) in [5.74, 6) is 0. The highest BCUT2D eigenvalue weighted by Gasteiger charge is 2.11. The van der Waals surface area contributed by atoms with Gasteiger partial charge in [-0.15, -0.1) is 0 Å². The zero-order chi connectivity index (χ0) is 12.8. The molecule has 0 saturated carbocycles. The summed E-state index contributed by atoms with van der Waals surface area (Å²) < 4.78 is 0. The first kappa shape index (κ1) is 20.0. The van der Waals surface area contributed by atoms with Crippen LogP contribution in [0.25, 0.3) is 0 Å². The number of halogens is 2. The Kier molecular flexibility index (Phi) is 20.8. The molecule has 0 radical (unpaired) electrons. The molecule has 16 heavy (non-hydrogen) atoms. The van der Waals surface area contributed by atoms with Crippen LogP contribution in [0.1, 0.15) is 53.4 Å². The lowest BCUT2D eigenvalue weighted by molar-refractivity contribution is 0.848. The quantitative estimate of drug-likeness (QED) is 0.477. The third-order valence-electron chi connectivity index (χ3n) is 2.63. The summed E-state index contributed by atoms with van der Waals surface area (Å²) >= 11 is -1.45. The summed E-state index contributed by atoms with van der Waals surface area (Å²) in [5.41, 5.74) is 0. The van der Waals surface area contributed by atoms with Gasteiger partial charge in [0.05, 0.1) is 0 Å². The van der Waals surface area contributed by atoms with Gasteiger partial charge in [-0.2, -0.15) is 0 Å². The first-order chi connectivity index (χ1) is 7.62. The lowest BCUT2D eigenvalue weighted by Crippen LogP contribution is -2.01. The Labute approximate surface area is 120 Å². The molecule has 0 aromatic rings. The molecule has 0 aliphatic carbocycles. The van der Waals surface area contributed by atoms with Crippen molar-refractivity contribution in [2.75, 3.05) is 0 Å². The van der Waals surface area contributed by atoms with E-state index in [1.165, 1.54) is 46.8 Å². The topological polar surface area (TPSA) is 0 Å². The second-order valence-corrected chi connectivity index (χ2v) is 13.2. The van der Waals surface area contributed by atoms with Crippen molar-refractivity contribution in [2.24, 2.45) is 0 Å². The molecule has 0 amide bonds. The van der Waals surface area contributed by atoms with Crippen LogP contribution in [0.2, 0.25) is 21.1 Å². The Bertz CT molecular complexity index is 112. The van der Waals surface area contributed by atoms with Gasteiger partial charge in [0.15, 0.2) is 0 Å². The van der Waals surface area contributed by atoms with Crippen molar-refractivity contribution < 1.29 is 0 Å². The molecule has 0 aromatic heterocycles. The predicted molar refractivity (Wildman–Crippen MR) is 83.6 cm³/mol. The molecule has 0 N–H and O–H groups in total. The number of hydrogen-bond acceptors (Lipinski definition) is 0. The summed E-state index contributed by atoms with van der Waals surface area (Å²) in [6.07, 6.45) is 5.32. The zero-order valence-electron chi connectivity index (χ0n) is 11.6. The van der Waals surface area contributed by atoms with Crippen LogP contribution in [-0.2, 0) is 0 Å². The highest BCUT2D eigenvalue weighted by molar-refractivity contribution is 7.07. The Morgan fingerprint density at radius 3 is 1.25 bits per heavy atom. The average molecular weight is 297 g/mol. The van der Waals surface area contributed by atoms with Crippen molar-refractivity contribution in [3.63, 3.8) is 0 Å². The fraction of sp³-hybridized carbons (Fsp3) is 1.00. The molecule has 0 fully saturated rings.